The summed E-state index contributed by atoms with van der Waals surface area (Å²) in [7, 11) is 0. The zero-order valence-electron chi connectivity index (χ0n) is 7.05. The van der Waals surface area contributed by atoms with Crippen molar-refractivity contribution in [1.82, 2.24) is 0 Å². The molecule has 3 rings (SSSR count). The van der Waals surface area contributed by atoms with E-state index in [2.05, 4.69) is 12.2 Å². The SMILES string of the molecule is C1=CC2CCCC23CCC1C3. The topological polar surface area (TPSA) is 0 Å². The summed E-state index contributed by atoms with van der Waals surface area (Å²) in [5.74, 6) is 1.96. The van der Waals surface area contributed by atoms with Crippen molar-refractivity contribution in [1.29, 1.82) is 0 Å². The van der Waals surface area contributed by atoms with Crippen molar-refractivity contribution < 1.29 is 0 Å². The maximum Gasteiger partial charge on any atom is -0.0177 e. The first kappa shape index (κ1) is 6.28. The maximum atomic E-state index is 2.54. The van der Waals surface area contributed by atoms with Crippen LogP contribution in [0.25, 0.3) is 0 Å². The number of hydrogen-bond donors (Lipinski definition) is 0. The highest BCUT2D eigenvalue weighted by Crippen LogP contribution is 2.59. The summed E-state index contributed by atoms with van der Waals surface area (Å²) in [4.78, 5) is 0. The van der Waals surface area contributed by atoms with Crippen LogP contribution in [0.2, 0.25) is 0 Å². The average molecular weight is 148 g/mol. The van der Waals surface area contributed by atoms with Crippen molar-refractivity contribution in [3.05, 3.63) is 12.2 Å². The molecular formula is C11H16. The summed E-state index contributed by atoms with van der Waals surface area (Å²) >= 11 is 0. The smallest absolute Gasteiger partial charge is 0.0177 e. The largest absolute Gasteiger partial charge is 0.0851 e. The molecule has 0 aliphatic heterocycles. The van der Waals surface area contributed by atoms with Crippen LogP contribution in [0.5, 0.6) is 0 Å². The van der Waals surface area contributed by atoms with Gasteiger partial charge in [0.15, 0.2) is 0 Å². The molecule has 3 aliphatic carbocycles. The molecule has 2 bridgehead atoms. The minimum Gasteiger partial charge on any atom is -0.0851 e. The van der Waals surface area contributed by atoms with Crippen LogP contribution in [-0.2, 0) is 0 Å². The van der Waals surface area contributed by atoms with Crippen LogP contribution >= 0.6 is 0 Å². The first-order valence-electron chi connectivity index (χ1n) is 5.07. The molecule has 0 aromatic heterocycles. The fourth-order valence-corrected chi connectivity index (χ4v) is 3.68. The fourth-order valence-electron chi connectivity index (χ4n) is 3.68. The first-order valence-corrected chi connectivity index (χ1v) is 5.07. The molecular weight excluding hydrogens is 132 g/mol. The zero-order chi connectivity index (χ0) is 7.31. The molecule has 0 nitrogen and oxygen atoms in total. The Morgan fingerprint density at radius 2 is 2.09 bits per heavy atom. The summed E-state index contributed by atoms with van der Waals surface area (Å²) in [5, 5.41) is 0. The van der Waals surface area contributed by atoms with Crippen LogP contribution in [0.15, 0.2) is 12.2 Å². The fraction of sp³-hybridized carbons (Fsp3) is 0.818. The zero-order valence-corrected chi connectivity index (χ0v) is 7.05. The second-order valence-electron chi connectivity index (χ2n) is 4.75. The molecule has 60 valence electrons. The summed E-state index contributed by atoms with van der Waals surface area (Å²) in [6.45, 7) is 0. The number of allylic oxidation sites excluding steroid dienone is 2. The Labute approximate surface area is 68.7 Å². The van der Waals surface area contributed by atoms with E-state index in [0.29, 0.717) is 0 Å². The third-order valence-electron chi connectivity index (χ3n) is 4.27. The van der Waals surface area contributed by atoms with E-state index in [1.165, 1.54) is 32.1 Å². The van der Waals surface area contributed by atoms with Crippen molar-refractivity contribution in [2.24, 2.45) is 17.3 Å². The highest BCUT2D eigenvalue weighted by atomic mass is 14.5. The molecule has 0 N–H and O–H groups in total. The van der Waals surface area contributed by atoms with E-state index < -0.39 is 0 Å². The second kappa shape index (κ2) is 1.91. The number of fused-ring (bicyclic) bond motifs is 1. The summed E-state index contributed by atoms with van der Waals surface area (Å²) in [5.41, 5.74) is 0.819. The van der Waals surface area contributed by atoms with Gasteiger partial charge in [0.25, 0.3) is 0 Å². The molecule has 0 aromatic rings. The molecule has 0 heteroatoms. The highest BCUT2D eigenvalue weighted by Gasteiger charge is 2.48. The van der Waals surface area contributed by atoms with Crippen LogP contribution in [0.3, 0.4) is 0 Å². The van der Waals surface area contributed by atoms with E-state index in [9.17, 15) is 0 Å². The first-order chi connectivity index (χ1) is 5.39. The minimum absolute atomic E-state index is 0.819. The van der Waals surface area contributed by atoms with E-state index >= 15 is 0 Å². The number of rotatable bonds is 0. The van der Waals surface area contributed by atoms with Gasteiger partial charge in [0.2, 0.25) is 0 Å². The van der Waals surface area contributed by atoms with Crippen LogP contribution in [-0.4, -0.2) is 0 Å². The molecule has 3 unspecified atom stereocenters. The Hall–Kier alpha value is -0.260. The van der Waals surface area contributed by atoms with Gasteiger partial charge in [0, 0.05) is 0 Å². The van der Waals surface area contributed by atoms with Gasteiger partial charge in [-0.05, 0) is 49.4 Å². The molecule has 2 saturated carbocycles. The summed E-state index contributed by atoms with van der Waals surface area (Å²) < 4.78 is 0. The van der Waals surface area contributed by atoms with Gasteiger partial charge in [0.1, 0.15) is 0 Å². The predicted octanol–water partition coefficient (Wildman–Crippen LogP) is 3.14. The van der Waals surface area contributed by atoms with Crippen molar-refractivity contribution in [3.8, 4) is 0 Å². The lowest BCUT2D eigenvalue weighted by molar-refractivity contribution is 0.233. The minimum atomic E-state index is 0.819. The van der Waals surface area contributed by atoms with Crippen molar-refractivity contribution in [2.45, 2.75) is 38.5 Å². The molecule has 3 atom stereocenters. The van der Waals surface area contributed by atoms with Gasteiger partial charge < -0.3 is 0 Å². The Bertz CT molecular complexity index is 204. The molecule has 0 aromatic carbocycles. The molecule has 2 fully saturated rings. The Kier molecular flexibility index (Phi) is 1.09. The molecule has 0 radical (unpaired) electrons. The molecule has 0 saturated heterocycles. The Balaban J connectivity index is 2.03. The van der Waals surface area contributed by atoms with Gasteiger partial charge in [0.05, 0.1) is 0 Å². The lowest BCUT2D eigenvalue weighted by Gasteiger charge is -2.32. The van der Waals surface area contributed by atoms with Crippen molar-refractivity contribution in [2.75, 3.05) is 0 Å². The second-order valence-corrected chi connectivity index (χ2v) is 4.75. The van der Waals surface area contributed by atoms with Gasteiger partial charge in [-0.25, -0.2) is 0 Å². The van der Waals surface area contributed by atoms with E-state index in [-0.39, 0.29) is 0 Å². The molecule has 11 heavy (non-hydrogen) atoms. The number of hydrogen-bond acceptors (Lipinski definition) is 0. The van der Waals surface area contributed by atoms with Gasteiger partial charge in [-0.15, -0.1) is 0 Å². The third kappa shape index (κ3) is 0.706. The summed E-state index contributed by atoms with van der Waals surface area (Å²) in [6, 6.07) is 0. The predicted molar refractivity (Wildman–Crippen MR) is 46.3 cm³/mol. The van der Waals surface area contributed by atoms with E-state index in [4.69, 9.17) is 0 Å². The normalized spacial score (nSPS) is 53.1. The van der Waals surface area contributed by atoms with Crippen LogP contribution in [0.1, 0.15) is 38.5 Å². The third-order valence-corrected chi connectivity index (χ3v) is 4.27. The van der Waals surface area contributed by atoms with E-state index in [1.54, 1.807) is 6.42 Å². The van der Waals surface area contributed by atoms with Crippen LogP contribution < -0.4 is 0 Å². The molecule has 1 spiro atoms. The highest BCUT2D eigenvalue weighted by molar-refractivity contribution is 5.13. The van der Waals surface area contributed by atoms with Gasteiger partial charge in [-0.2, -0.15) is 0 Å². The standard InChI is InChI=1S/C11H16/c1-2-10-4-3-9-5-7-11(10,6-1)8-9/h3-4,9-10H,1-2,5-8H2. The quantitative estimate of drug-likeness (QED) is 0.463. The lowest BCUT2D eigenvalue weighted by Crippen LogP contribution is -2.22. The molecule has 0 heterocycles. The lowest BCUT2D eigenvalue weighted by atomic mass is 9.73. The van der Waals surface area contributed by atoms with E-state index in [0.717, 1.165) is 17.3 Å². The average Bonchev–Trinajstić information content (AvgIpc) is 2.58. The monoisotopic (exact) mass is 148 g/mol. The van der Waals surface area contributed by atoms with Gasteiger partial charge >= 0.3 is 0 Å². The van der Waals surface area contributed by atoms with Gasteiger partial charge in [-0.1, -0.05) is 18.6 Å². The van der Waals surface area contributed by atoms with Crippen LogP contribution in [0.4, 0.5) is 0 Å². The summed E-state index contributed by atoms with van der Waals surface area (Å²) in [6.07, 6.45) is 14.1. The maximum absolute atomic E-state index is 2.54. The van der Waals surface area contributed by atoms with Crippen molar-refractivity contribution >= 4 is 0 Å². The molecule has 0 amide bonds. The van der Waals surface area contributed by atoms with Gasteiger partial charge in [-0.3, -0.25) is 0 Å². The molecule has 3 aliphatic rings. The van der Waals surface area contributed by atoms with Crippen LogP contribution in [0, 0.1) is 17.3 Å². The Morgan fingerprint density at radius 1 is 1.09 bits per heavy atom. The van der Waals surface area contributed by atoms with E-state index in [1.807, 2.05) is 0 Å². The Morgan fingerprint density at radius 3 is 3.09 bits per heavy atom. The van der Waals surface area contributed by atoms with Crippen molar-refractivity contribution in [3.63, 3.8) is 0 Å².